The number of benzene rings is 1. The van der Waals surface area contributed by atoms with Gasteiger partial charge in [0.15, 0.2) is 0 Å². The molecule has 0 saturated carbocycles. The zero-order valence-electron chi connectivity index (χ0n) is 10.8. The van der Waals surface area contributed by atoms with E-state index in [-0.39, 0.29) is 5.56 Å². The fourth-order valence-electron chi connectivity index (χ4n) is 1.66. The van der Waals surface area contributed by atoms with Crippen LogP contribution in [0.5, 0.6) is 0 Å². The van der Waals surface area contributed by atoms with E-state index in [1.54, 1.807) is 0 Å². The molecule has 0 amide bonds. The third kappa shape index (κ3) is 4.54. The minimum atomic E-state index is -4.45. The van der Waals surface area contributed by atoms with Crippen LogP contribution in [0.2, 0.25) is 0 Å². The lowest BCUT2D eigenvalue weighted by molar-refractivity contribution is -0.138. The maximum absolute atomic E-state index is 12.9. The van der Waals surface area contributed by atoms with Gasteiger partial charge in [-0.1, -0.05) is 18.2 Å². The van der Waals surface area contributed by atoms with Crippen molar-refractivity contribution in [1.82, 2.24) is 10.2 Å². The van der Waals surface area contributed by atoms with E-state index in [9.17, 15) is 13.2 Å². The number of nitriles is 1. The van der Waals surface area contributed by atoms with Crippen LogP contribution in [0, 0.1) is 11.3 Å². The Kier molecular flexibility index (Phi) is 5.33. The fourth-order valence-corrected chi connectivity index (χ4v) is 1.66. The van der Waals surface area contributed by atoms with Crippen LogP contribution in [0.3, 0.4) is 0 Å². The first-order valence-electron chi connectivity index (χ1n) is 5.80. The second-order valence-corrected chi connectivity index (χ2v) is 4.40. The molecule has 6 heteroatoms. The number of alkyl halides is 3. The van der Waals surface area contributed by atoms with E-state index in [0.717, 1.165) is 6.07 Å². The monoisotopic (exact) mass is 271 g/mol. The van der Waals surface area contributed by atoms with Crippen molar-refractivity contribution in [3.05, 3.63) is 35.4 Å². The zero-order valence-corrected chi connectivity index (χ0v) is 10.8. The van der Waals surface area contributed by atoms with Crippen LogP contribution in [0.1, 0.15) is 17.2 Å². The van der Waals surface area contributed by atoms with Crippen LogP contribution in [-0.4, -0.2) is 32.1 Å². The summed E-state index contributed by atoms with van der Waals surface area (Å²) in [6, 6.07) is 6.06. The van der Waals surface area contributed by atoms with E-state index in [2.05, 4.69) is 5.32 Å². The Morgan fingerprint density at radius 3 is 2.47 bits per heavy atom. The van der Waals surface area contributed by atoms with Crippen molar-refractivity contribution in [3.8, 4) is 6.07 Å². The van der Waals surface area contributed by atoms with Gasteiger partial charge >= 0.3 is 6.18 Å². The minimum Gasteiger partial charge on any atom is -0.308 e. The number of hydrogen-bond acceptors (Lipinski definition) is 3. The summed E-state index contributed by atoms with van der Waals surface area (Å²) in [5.41, 5.74) is -0.796. The van der Waals surface area contributed by atoms with Crippen molar-refractivity contribution >= 4 is 0 Å². The first kappa shape index (κ1) is 15.5. The molecule has 0 aromatic heterocycles. The molecule has 0 bridgehead atoms. The van der Waals surface area contributed by atoms with Crippen LogP contribution in [0.15, 0.2) is 24.3 Å². The zero-order chi connectivity index (χ0) is 14.5. The van der Waals surface area contributed by atoms with Crippen LogP contribution in [0.4, 0.5) is 13.2 Å². The minimum absolute atomic E-state index is 0.0312. The summed E-state index contributed by atoms with van der Waals surface area (Å²) >= 11 is 0. The van der Waals surface area contributed by atoms with Gasteiger partial charge in [-0.15, -0.1) is 0 Å². The Morgan fingerprint density at radius 2 is 1.95 bits per heavy atom. The average Bonchev–Trinajstić information content (AvgIpc) is 2.33. The lowest BCUT2D eigenvalue weighted by Gasteiger charge is -2.18. The van der Waals surface area contributed by atoms with Gasteiger partial charge in [0.2, 0.25) is 0 Å². The second kappa shape index (κ2) is 6.55. The highest BCUT2D eigenvalue weighted by Gasteiger charge is 2.34. The quantitative estimate of drug-likeness (QED) is 0.894. The smallest absolute Gasteiger partial charge is 0.308 e. The first-order chi connectivity index (χ1) is 8.86. The molecule has 1 atom stereocenters. The van der Waals surface area contributed by atoms with Gasteiger partial charge in [0.1, 0.15) is 6.04 Å². The molecule has 0 radical (unpaired) electrons. The Balaban J connectivity index is 2.90. The van der Waals surface area contributed by atoms with E-state index in [0.29, 0.717) is 13.1 Å². The standard InChI is InChI=1S/C13H16F3N3/c1-19(2)8-7-18-12(9-17)10-5-3-4-6-11(10)13(14,15)16/h3-6,12,18H,7-8H2,1-2H3. The Bertz CT molecular complexity index is 449. The summed E-state index contributed by atoms with van der Waals surface area (Å²) in [6.07, 6.45) is -4.45. The second-order valence-electron chi connectivity index (χ2n) is 4.40. The fraction of sp³-hybridized carbons (Fsp3) is 0.462. The highest BCUT2D eigenvalue weighted by molar-refractivity contribution is 5.35. The molecule has 0 aliphatic carbocycles. The molecule has 1 unspecified atom stereocenters. The molecular weight excluding hydrogens is 255 g/mol. The maximum atomic E-state index is 12.9. The lowest BCUT2D eigenvalue weighted by Crippen LogP contribution is -2.30. The van der Waals surface area contributed by atoms with Crippen molar-refractivity contribution in [2.45, 2.75) is 12.2 Å². The summed E-state index contributed by atoms with van der Waals surface area (Å²) in [4.78, 5) is 1.89. The molecule has 19 heavy (non-hydrogen) atoms. The van der Waals surface area contributed by atoms with Gasteiger partial charge in [-0.3, -0.25) is 5.32 Å². The Hall–Kier alpha value is -1.58. The van der Waals surface area contributed by atoms with Crippen LogP contribution >= 0.6 is 0 Å². The Labute approximate surface area is 110 Å². The molecule has 0 aliphatic rings. The molecular formula is C13H16F3N3. The van der Waals surface area contributed by atoms with E-state index < -0.39 is 17.8 Å². The number of likely N-dealkylation sites (N-methyl/N-ethyl adjacent to an activating group) is 1. The molecule has 104 valence electrons. The molecule has 1 aromatic carbocycles. The molecule has 3 nitrogen and oxygen atoms in total. The molecule has 0 saturated heterocycles. The summed E-state index contributed by atoms with van der Waals surface area (Å²) in [5, 5.41) is 11.9. The van der Waals surface area contributed by atoms with Gasteiger partial charge in [-0.25, -0.2) is 0 Å². The summed E-state index contributed by atoms with van der Waals surface area (Å²) in [5.74, 6) is 0. The van der Waals surface area contributed by atoms with E-state index in [4.69, 9.17) is 5.26 Å². The highest BCUT2D eigenvalue weighted by Crippen LogP contribution is 2.34. The number of halogens is 3. The molecule has 0 fully saturated rings. The average molecular weight is 271 g/mol. The molecule has 0 spiro atoms. The van der Waals surface area contributed by atoms with Crippen LogP contribution in [-0.2, 0) is 6.18 Å². The molecule has 1 rings (SSSR count). The molecule has 0 heterocycles. The van der Waals surface area contributed by atoms with Crippen LogP contribution in [0.25, 0.3) is 0 Å². The van der Waals surface area contributed by atoms with Gasteiger partial charge in [0, 0.05) is 13.1 Å². The third-order valence-electron chi connectivity index (χ3n) is 2.61. The normalized spacial score (nSPS) is 13.3. The van der Waals surface area contributed by atoms with Gasteiger partial charge in [0.05, 0.1) is 11.6 Å². The first-order valence-corrected chi connectivity index (χ1v) is 5.80. The van der Waals surface area contributed by atoms with Crippen molar-refractivity contribution in [2.24, 2.45) is 0 Å². The van der Waals surface area contributed by atoms with Gasteiger partial charge < -0.3 is 4.90 Å². The summed E-state index contributed by atoms with van der Waals surface area (Å²) in [7, 11) is 3.71. The van der Waals surface area contributed by atoms with Crippen molar-refractivity contribution in [1.29, 1.82) is 5.26 Å². The number of nitrogens with zero attached hydrogens (tertiary/aromatic N) is 2. The predicted molar refractivity (Wildman–Crippen MR) is 66.4 cm³/mol. The van der Waals surface area contributed by atoms with Gasteiger partial charge in [-0.2, -0.15) is 18.4 Å². The highest BCUT2D eigenvalue weighted by atomic mass is 19.4. The molecule has 0 aliphatic heterocycles. The van der Waals surface area contributed by atoms with Crippen molar-refractivity contribution < 1.29 is 13.2 Å². The SMILES string of the molecule is CN(C)CCNC(C#N)c1ccccc1C(F)(F)F. The number of nitrogens with one attached hydrogen (secondary N) is 1. The third-order valence-corrected chi connectivity index (χ3v) is 2.61. The topological polar surface area (TPSA) is 39.1 Å². The summed E-state index contributed by atoms with van der Waals surface area (Å²) in [6.45, 7) is 1.09. The molecule has 1 aromatic rings. The van der Waals surface area contributed by atoms with Gasteiger partial charge in [0.25, 0.3) is 0 Å². The maximum Gasteiger partial charge on any atom is 0.416 e. The lowest BCUT2D eigenvalue weighted by atomic mass is 10.0. The Morgan fingerprint density at radius 1 is 1.32 bits per heavy atom. The van der Waals surface area contributed by atoms with Crippen molar-refractivity contribution in [3.63, 3.8) is 0 Å². The van der Waals surface area contributed by atoms with E-state index >= 15 is 0 Å². The predicted octanol–water partition coefficient (Wildman–Crippen LogP) is 2.42. The summed E-state index contributed by atoms with van der Waals surface area (Å²) < 4.78 is 38.6. The van der Waals surface area contributed by atoms with E-state index in [1.807, 2.05) is 25.1 Å². The number of hydrogen-bond donors (Lipinski definition) is 1. The molecule has 1 N–H and O–H groups in total. The number of rotatable bonds is 5. The van der Waals surface area contributed by atoms with Crippen LogP contribution < -0.4 is 5.32 Å². The van der Waals surface area contributed by atoms with Crippen molar-refractivity contribution in [2.75, 3.05) is 27.2 Å². The largest absolute Gasteiger partial charge is 0.416 e. The van der Waals surface area contributed by atoms with Gasteiger partial charge in [-0.05, 0) is 25.7 Å². The van der Waals surface area contributed by atoms with E-state index in [1.165, 1.54) is 18.2 Å².